The Morgan fingerprint density at radius 3 is 2.37 bits per heavy atom. The Morgan fingerprint density at radius 2 is 1.74 bits per heavy atom. The Morgan fingerprint density at radius 1 is 1.05 bits per heavy atom. The van der Waals surface area contributed by atoms with Gasteiger partial charge in [0.2, 0.25) is 0 Å². The monoisotopic (exact) mass is 274 g/mol. The molecule has 1 N–H and O–H groups in total. The van der Waals surface area contributed by atoms with Gasteiger partial charge in [0.1, 0.15) is 12.4 Å². The highest BCUT2D eigenvalue weighted by atomic mass is 32.2. The average Bonchev–Trinajstić information content (AvgIpc) is 2.45. The average molecular weight is 274 g/mol. The van der Waals surface area contributed by atoms with Gasteiger partial charge in [0.15, 0.2) is 11.1 Å². The Kier molecular flexibility index (Phi) is 4.89. The lowest BCUT2D eigenvalue weighted by molar-refractivity contribution is 0.306. The molecule has 98 valence electrons. The van der Waals surface area contributed by atoms with E-state index in [-0.39, 0.29) is 0 Å². The molecule has 0 aliphatic heterocycles. The molecule has 0 spiro atoms. The number of rotatable bonds is 5. The highest BCUT2D eigenvalue weighted by Crippen LogP contribution is 2.12. The van der Waals surface area contributed by atoms with Crippen molar-refractivity contribution in [3.05, 3.63) is 71.1 Å². The highest BCUT2D eigenvalue weighted by molar-refractivity contribution is 7.82. The van der Waals surface area contributed by atoms with Crippen LogP contribution >= 0.6 is 0 Å². The van der Waals surface area contributed by atoms with Gasteiger partial charge in [-0.2, -0.15) is 0 Å². The molecule has 0 saturated heterocycles. The summed E-state index contributed by atoms with van der Waals surface area (Å²) in [7, 11) is 0. The number of ether oxygens (including phenoxy) is 1. The summed E-state index contributed by atoms with van der Waals surface area (Å²) >= 11 is -1.90. The normalized spacial score (nSPS) is 12.5. The second kappa shape index (κ2) is 6.87. The number of hydrogen-bond donors (Lipinski definition) is 1. The molecular formula is C15H14O3S. The molecule has 0 fully saturated rings. The van der Waals surface area contributed by atoms with E-state index in [1.165, 1.54) is 5.41 Å². The van der Waals surface area contributed by atoms with Crippen molar-refractivity contribution in [2.24, 2.45) is 0 Å². The van der Waals surface area contributed by atoms with Crippen LogP contribution in [0.1, 0.15) is 11.1 Å². The molecular weight excluding hydrogens is 260 g/mol. The zero-order chi connectivity index (χ0) is 13.5. The Hall–Kier alpha value is -1.91. The first-order valence-electron chi connectivity index (χ1n) is 5.79. The maximum atomic E-state index is 10.5. The first-order valence-corrected chi connectivity index (χ1v) is 6.96. The van der Waals surface area contributed by atoms with Gasteiger partial charge in [-0.1, -0.05) is 42.5 Å². The molecule has 2 aromatic carbocycles. The van der Waals surface area contributed by atoms with Crippen molar-refractivity contribution in [3.8, 4) is 5.75 Å². The van der Waals surface area contributed by atoms with Crippen molar-refractivity contribution >= 4 is 17.2 Å². The van der Waals surface area contributed by atoms with Crippen molar-refractivity contribution in [3.63, 3.8) is 0 Å². The van der Waals surface area contributed by atoms with E-state index in [1.54, 1.807) is 6.08 Å². The van der Waals surface area contributed by atoms with Gasteiger partial charge in [-0.15, -0.1) is 0 Å². The van der Waals surface area contributed by atoms with Gasteiger partial charge < -0.3 is 9.29 Å². The summed E-state index contributed by atoms with van der Waals surface area (Å²) in [6.45, 7) is 0.500. The largest absolute Gasteiger partial charge is 0.489 e. The Balaban J connectivity index is 1.94. The lowest BCUT2D eigenvalue weighted by Crippen LogP contribution is -1.94. The van der Waals surface area contributed by atoms with Crippen molar-refractivity contribution in [1.82, 2.24) is 0 Å². The fraction of sp³-hybridized carbons (Fsp3) is 0.0667. The molecule has 0 aromatic heterocycles. The van der Waals surface area contributed by atoms with Crippen LogP contribution in [0.25, 0.3) is 6.08 Å². The van der Waals surface area contributed by atoms with Crippen LogP contribution in [0.15, 0.2) is 60.0 Å². The van der Waals surface area contributed by atoms with Gasteiger partial charge in [-0.25, -0.2) is 4.21 Å². The van der Waals surface area contributed by atoms with E-state index in [0.717, 1.165) is 16.9 Å². The molecule has 0 saturated carbocycles. The Bertz CT molecular complexity index is 562. The van der Waals surface area contributed by atoms with Gasteiger partial charge >= 0.3 is 0 Å². The van der Waals surface area contributed by atoms with E-state index in [0.29, 0.717) is 6.61 Å². The second-order valence-corrected chi connectivity index (χ2v) is 4.75. The molecule has 2 rings (SSSR count). The van der Waals surface area contributed by atoms with Crippen LogP contribution < -0.4 is 4.74 Å². The summed E-state index contributed by atoms with van der Waals surface area (Å²) in [5.41, 5.74) is 1.93. The topological polar surface area (TPSA) is 46.5 Å². The third-order valence-electron chi connectivity index (χ3n) is 2.51. The molecule has 1 unspecified atom stereocenters. The molecule has 0 amide bonds. The second-order valence-electron chi connectivity index (χ2n) is 3.92. The van der Waals surface area contributed by atoms with Crippen LogP contribution in [0.5, 0.6) is 5.75 Å². The summed E-state index contributed by atoms with van der Waals surface area (Å²) in [4.78, 5) is 0. The smallest absolute Gasteiger partial charge is 0.178 e. The van der Waals surface area contributed by atoms with Crippen LogP contribution in [0.3, 0.4) is 0 Å². The third-order valence-corrected chi connectivity index (χ3v) is 2.87. The molecule has 0 bridgehead atoms. The standard InChI is InChI=1S/C15H14O3S/c16-19(17)11-10-13-6-8-14(9-7-13)12-18-15-4-2-1-3-5-15/h1-11H,12H2,(H,16,17)/b11-10+. The summed E-state index contributed by atoms with van der Waals surface area (Å²) in [6.07, 6.45) is 1.61. The van der Waals surface area contributed by atoms with Crippen molar-refractivity contribution in [2.45, 2.75) is 6.61 Å². The summed E-state index contributed by atoms with van der Waals surface area (Å²) in [5, 5.41) is 1.23. The van der Waals surface area contributed by atoms with Crippen molar-refractivity contribution in [2.75, 3.05) is 0 Å². The quantitative estimate of drug-likeness (QED) is 0.849. The zero-order valence-corrected chi connectivity index (χ0v) is 11.0. The molecule has 0 heterocycles. The van der Waals surface area contributed by atoms with E-state index >= 15 is 0 Å². The first-order chi connectivity index (χ1) is 9.24. The summed E-state index contributed by atoms with van der Waals surface area (Å²) in [5.74, 6) is 0.835. The van der Waals surface area contributed by atoms with E-state index < -0.39 is 11.1 Å². The minimum absolute atomic E-state index is 0.500. The predicted molar refractivity (Wildman–Crippen MR) is 77.0 cm³/mol. The van der Waals surface area contributed by atoms with E-state index in [2.05, 4.69) is 0 Å². The highest BCUT2D eigenvalue weighted by Gasteiger charge is 1.95. The molecule has 2 aromatic rings. The maximum absolute atomic E-state index is 10.5. The van der Waals surface area contributed by atoms with Crippen molar-refractivity contribution in [1.29, 1.82) is 0 Å². The summed E-state index contributed by atoms with van der Waals surface area (Å²) < 4.78 is 24.8. The van der Waals surface area contributed by atoms with Crippen LogP contribution in [-0.4, -0.2) is 8.76 Å². The van der Waals surface area contributed by atoms with Crippen LogP contribution in [-0.2, 0) is 17.7 Å². The zero-order valence-electron chi connectivity index (χ0n) is 10.2. The lowest BCUT2D eigenvalue weighted by Gasteiger charge is -2.06. The van der Waals surface area contributed by atoms with Crippen LogP contribution in [0.2, 0.25) is 0 Å². The van der Waals surface area contributed by atoms with Gasteiger partial charge in [0, 0.05) is 5.41 Å². The van der Waals surface area contributed by atoms with Gasteiger partial charge in [0.05, 0.1) is 0 Å². The minimum atomic E-state index is -1.90. The van der Waals surface area contributed by atoms with Crippen molar-refractivity contribution < 1.29 is 13.5 Å². The molecule has 3 nitrogen and oxygen atoms in total. The molecule has 1 atom stereocenters. The van der Waals surface area contributed by atoms with E-state index in [9.17, 15) is 4.21 Å². The fourth-order valence-electron chi connectivity index (χ4n) is 1.55. The van der Waals surface area contributed by atoms with Gasteiger partial charge in [0.25, 0.3) is 0 Å². The number of benzene rings is 2. The first kappa shape index (κ1) is 13.5. The minimum Gasteiger partial charge on any atom is -0.489 e. The maximum Gasteiger partial charge on any atom is 0.178 e. The molecule has 19 heavy (non-hydrogen) atoms. The molecule has 0 radical (unpaired) electrons. The van der Waals surface area contributed by atoms with Crippen LogP contribution in [0, 0.1) is 0 Å². The molecule has 0 aliphatic carbocycles. The molecule has 4 heteroatoms. The molecule has 0 aliphatic rings. The predicted octanol–water partition coefficient (Wildman–Crippen LogP) is 3.46. The fourth-order valence-corrected chi connectivity index (χ4v) is 1.82. The summed E-state index contributed by atoms with van der Waals surface area (Å²) in [6, 6.07) is 17.3. The Labute approximate surface area is 114 Å². The van der Waals surface area contributed by atoms with Crippen LogP contribution in [0.4, 0.5) is 0 Å². The van der Waals surface area contributed by atoms with E-state index in [4.69, 9.17) is 9.29 Å². The third kappa shape index (κ3) is 4.69. The lowest BCUT2D eigenvalue weighted by atomic mass is 10.1. The van der Waals surface area contributed by atoms with Gasteiger partial charge in [-0.05, 0) is 29.3 Å². The number of para-hydroxylation sites is 1. The SMILES string of the molecule is O=S(O)/C=C/c1ccc(COc2ccccc2)cc1. The van der Waals surface area contributed by atoms with Gasteiger partial charge in [-0.3, -0.25) is 0 Å². The van der Waals surface area contributed by atoms with E-state index in [1.807, 2.05) is 54.6 Å². The number of hydrogen-bond acceptors (Lipinski definition) is 2.